The molecule has 1 aliphatic rings. The molecule has 1 heterocycles. The molecule has 0 amide bonds. The van der Waals surface area contributed by atoms with Crippen LogP contribution >= 0.6 is 0 Å². The van der Waals surface area contributed by atoms with Crippen molar-refractivity contribution in [1.29, 1.82) is 0 Å². The summed E-state index contributed by atoms with van der Waals surface area (Å²) in [6.07, 6.45) is 0. The Kier molecular flexibility index (Phi) is 5.49. The zero-order valence-electron chi connectivity index (χ0n) is 17.7. The van der Waals surface area contributed by atoms with E-state index in [1.54, 1.807) is 0 Å². The summed E-state index contributed by atoms with van der Waals surface area (Å²) in [5.74, 6) is 0.709. The quantitative estimate of drug-likeness (QED) is 0.536. The lowest BCUT2D eigenvalue weighted by Gasteiger charge is -2.37. The van der Waals surface area contributed by atoms with Crippen LogP contribution < -0.4 is 15.4 Å². The highest BCUT2D eigenvalue weighted by Crippen LogP contribution is 2.42. The van der Waals surface area contributed by atoms with Crippen LogP contribution in [0.2, 0.25) is 0 Å². The van der Waals surface area contributed by atoms with Gasteiger partial charge in [0.25, 0.3) is 0 Å². The molecule has 154 valence electrons. The van der Waals surface area contributed by atoms with E-state index in [9.17, 15) is 4.79 Å². The van der Waals surface area contributed by atoms with E-state index in [4.69, 9.17) is 4.74 Å². The number of nitrogens with one attached hydrogen (secondary N) is 2. The third kappa shape index (κ3) is 4.18. The largest absolute Gasteiger partial charge is 0.487 e. The lowest BCUT2D eigenvalue weighted by atomic mass is 9.86. The molecule has 0 saturated carbocycles. The Bertz CT molecular complexity index is 1020. The van der Waals surface area contributed by atoms with Gasteiger partial charge >= 0.3 is 0 Å². The molecule has 4 heteroatoms. The van der Waals surface area contributed by atoms with Gasteiger partial charge in [0.15, 0.2) is 11.5 Å². The van der Waals surface area contributed by atoms with Gasteiger partial charge in [-0.05, 0) is 23.1 Å². The first-order valence-corrected chi connectivity index (χ1v) is 10.4. The summed E-state index contributed by atoms with van der Waals surface area (Å²) in [6, 6.07) is 23.6. The molecular formula is C26H28N2O2. The van der Waals surface area contributed by atoms with E-state index in [0.717, 1.165) is 11.4 Å². The van der Waals surface area contributed by atoms with E-state index in [0.29, 0.717) is 30.0 Å². The van der Waals surface area contributed by atoms with E-state index in [-0.39, 0.29) is 17.2 Å². The van der Waals surface area contributed by atoms with Crippen LogP contribution in [0, 0.1) is 5.41 Å². The summed E-state index contributed by atoms with van der Waals surface area (Å²) in [5.41, 5.74) is 4.15. The van der Waals surface area contributed by atoms with Gasteiger partial charge in [-0.25, -0.2) is 0 Å². The molecule has 3 aromatic rings. The lowest BCUT2D eigenvalue weighted by molar-refractivity contribution is 0.103. The Hall–Kier alpha value is -3.27. The van der Waals surface area contributed by atoms with Gasteiger partial charge in [-0.3, -0.25) is 4.79 Å². The Balaban J connectivity index is 1.70. The van der Waals surface area contributed by atoms with Gasteiger partial charge in [-0.1, -0.05) is 81.4 Å². The van der Waals surface area contributed by atoms with Crippen molar-refractivity contribution < 1.29 is 9.53 Å². The maximum Gasteiger partial charge on any atom is 0.195 e. The van der Waals surface area contributed by atoms with E-state index in [1.807, 2.05) is 60.7 Å². The van der Waals surface area contributed by atoms with Gasteiger partial charge < -0.3 is 15.4 Å². The second-order valence-electron chi connectivity index (χ2n) is 8.77. The molecule has 1 aliphatic heterocycles. The van der Waals surface area contributed by atoms with E-state index >= 15 is 0 Å². The minimum Gasteiger partial charge on any atom is -0.487 e. The normalized spacial score (nSPS) is 15.5. The maximum atomic E-state index is 13.2. The van der Waals surface area contributed by atoms with Crippen molar-refractivity contribution in [3.05, 3.63) is 89.5 Å². The summed E-state index contributed by atoms with van der Waals surface area (Å²) in [7, 11) is 0. The summed E-state index contributed by atoms with van der Waals surface area (Å²) < 4.78 is 6.23. The summed E-state index contributed by atoms with van der Waals surface area (Å²) in [6.45, 7) is 7.77. The highest BCUT2D eigenvalue weighted by Gasteiger charge is 2.33. The number of anilines is 2. The molecule has 0 saturated heterocycles. The molecule has 2 N–H and O–H groups in total. The van der Waals surface area contributed by atoms with Crippen molar-refractivity contribution in [3.63, 3.8) is 0 Å². The molecule has 4 rings (SSSR count). The number of carbonyl (C=O) groups is 1. The van der Waals surface area contributed by atoms with Crippen LogP contribution in [0.1, 0.15) is 42.3 Å². The molecule has 0 bridgehead atoms. The fraction of sp³-hybridized carbons (Fsp3) is 0.269. The number of fused-ring (bicyclic) bond motifs is 1. The smallest absolute Gasteiger partial charge is 0.195 e. The summed E-state index contributed by atoms with van der Waals surface area (Å²) in [5, 5.41) is 7.08. The van der Waals surface area contributed by atoms with Crippen molar-refractivity contribution >= 4 is 17.2 Å². The van der Waals surface area contributed by atoms with Crippen LogP contribution in [-0.2, 0) is 6.54 Å². The highest BCUT2D eigenvalue weighted by atomic mass is 16.5. The predicted octanol–water partition coefficient (Wildman–Crippen LogP) is 5.75. The van der Waals surface area contributed by atoms with Gasteiger partial charge in [0, 0.05) is 17.7 Å². The molecule has 1 unspecified atom stereocenters. The van der Waals surface area contributed by atoms with Crippen LogP contribution in [-0.4, -0.2) is 18.4 Å². The van der Waals surface area contributed by atoms with Crippen LogP contribution in [0.25, 0.3) is 0 Å². The van der Waals surface area contributed by atoms with E-state index < -0.39 is 0 Å². The van der Waals surface area contributed by atoms with Gasteiger partial charge in [0.2, 0.25) is 0 Å². The minimum absolute atomic E-state index is 0.00176. The van der Waals surface area contributed by atoms with Crippen molar-refractivity contribution in [2.24, 2.45) is 5.41 Å². The monoisotopic (exact) mass is 400 g/mol. The van der Waals surface area contributed by atoms with Crippen molar-refractivity contribution in [2.45, 2.75) is 33.4 Å². The SMILES string of the molecule is CC(C)(C)C1COc2c(NCc3ccccc3)ccc(C(=O)c3ccccc3)c2N1. The van der Waals surface area contributed by atoms with E-state index in [1.165, 1.54) is 5.56 Å². The third-order valence-corrected chi connectivity index (χ3v) is 5.52. The number of hydrogen-bond donors (Lipinski definition) is 2. The fourth-order valence-corrected chi connectivity index (χ4v) is 3.59. The molecule has 1 atom stereocenters. The highest BCUT2D eigenvalue weighted by molar-refractivity contribution is 6.13. The summed E-state index contributed by atoms with van der Waals surface area (Å²) >= 11 is 0. The first-order valence-electron chi connectivity index (χ1n) is 10.4. The van der Waals surface area contributed by atoms with Crippen LogP contribution in [0.15, 0.2) is 72.8 Å². The van der Waals surface area contributed by atoms with Crippen LogP contribution in [0.5, 0.6) is 5.75 Å². The van der Waals surface area contributed by atoms with Crippen LogP contribution in [0.3, 0.4) is 0 Å². The van der Waals surface area contributed by atoms with Crippen molar-refractivity contribution in [1.82, 2.24) is 0 Å². The average Bonchev–Trinajstić information content (AvgIpc) is 2.77. The Morgan fingerprint density at radius 2 is 1.67 bits per heavy atom. The molecule has 0 fully saturated rings. The molecular weight excluding hydrogens is 372 g/mol. The number of ketones is 1. The zero-order chi connectivity index (χ0) is 21.1. The topological polar surface area (TPSA) is 50.4 Å². The first-order chi connectivity index (χ1) is 14.4. The van der Waals surface area contributed by atoms with Crippen LogP contribution in [0.4, 0.5) is 11.4 Å². The Morgan fingerprint density at radius 3 is 2.33 bits per heavy atom. The fourth-order valence-electron chi connectivity index (χ4n) is 3.59. The van der Waals surface area contributed by atoms with Crippen molar-refractivity contribution in [3.8, 4) is 5.75 Å². The van der Waals surface area contributed by atoms with Gasteiger partial charge in [-0.15, -0.1) is 0 Å². The standard InChI is InChI=1S/C26H28N2O2/c1-26(2,3)22-17-30-25-21(27-16-18-10-6-4-7-11-18)15-14-20(23(25)28-22)24(29)19-12-8-5-9-13-19/h4-15,22,27-28H,16-17H2,1-3H3. The second kappa shape index (κ2) is 8.23. The Morgan fingerprint density at radius 1 is 1.00 bits per heavy atom. The molecule has 3 aromatic carbocycles. The lowest BCUT2D eigenvalue weighted by Crippen LogP contribution is -2.42. The molecule has 0 aliphatic carbocycles. The first kappa shape index (κ1) is 20.0. The number of ether oxygens (including phenoxy) is 1. The average molecular weight is 401 g/mol. The predicted molar refractivity (Wildman–Crippen MR) is 122 cm³/mol. The van der Waals surface area contributed by atoms with E-state index in [2.05, 4.69) is 43.5 Å². The second-order valence-corrected chi connectivity index (χ2v) is 8.77. The van der Waals surface area contributed by atoms with Gasteiger partial charge in [0.05, 0.1) is 17.4 Å². The third-order valence-electron chi connectivity index (χ3n) is 5.52. The minimum atomic E-state index is -0.00730. The Labute approximate surface area is 178 Å². The molecule has 0 spiro atoms. The zero-order valence-corrected chi connectivity index (χ0v) is 17.7. The molecule has 30 heavy (non-hydrogen) atoms. The number of carbonyl (C=O) groups excluding carboxylic acids is 1. The number of rotatable bonds is 5. The van der Waals surface area contributed by atoms with Gasteiger partial charge in [0.1, 0.15) is 6.61 Å². The van der Waals surface area contributed by atoms with Crippen molar-refractivity contribution in [2.75, 3.05) is 17.2 Å². The van der Waals surface area contributed by atoms with Gasteiger partial charge in [-0.2, -0.15) is 0 Å². The maximum absolute atomic E-state index is 13.2. The number of benzene rings is 3. The number of hydrogen-bond acceptors (Lipinski definition) is 4. The molecule has 4 nitrogen and oxygen atoms in total. The summed E-state index contributed by atoms with van der Waals surface area (Å²) in [4.78, 5) is 13.2. The molecule has 0 radical (unpaired) electrons. The molecule has 0 aromatic heterocycles.